The zero-order valence-electron chi connectivity index (χ0n) is 18.5. The summed E-state index contributed by atoms with van der Waals surface area (Å²) in [7, 11) is 2.98. The zero-order chi connectivity index (χ0) is 20.1. The molecule has 150 valence electrons. The largest absolute Gasteiger partial charge is 0.375 e. The van der Waals surface area contributed by atoms with Crippen LogP contribution in [0, 0.1) is 11.3 Å². The van der Waals surface area contributed by atoms with Gasteiger partial charge in [0, 0.05) is 23.2 Å². The molecule has 1 amide bonds. The van der Waals surface area contributed by atoms with Crippen molar-refractivity contribution in [2.75, 3.05) is 6.61 Å². The molecule has 4 heteroatoms. The third kappa shape index (κ3) is 9.38. The Morgan fingerprint density at radius 2 is 1.60 bits per heavy atom. The van der Waals surface area contributed by atoms with Gasteiger partial charge in [0.05, 0.1) is 5.60 Å². The predicted molar refractivity (Wildman–Crippen MR) is 113 cm³/mol. The number of amides is 1. The van der Waals surface area contributed by atoms with Crippen LogP contribution in [0.5, 0.6) is 0 Å². The fraction of sp³-hybridized carbons (Fsp3) is 0.952. The number of nitrogens with one attached hydrogen (secondary N) is 1. The summed E-state index contributed by atoms with van der Waals surface area (Å²) in [4.78, 5) is 12.4. The smallest absolute Gasteiger partial charge is 0.223 e. The average Bonchev–Trinajstić information content (AvgIpc) is 2.34. The maximum absolute atomic E-state index is 12.4. The molecular formula is C21H44NO2P. The Balaban J connectivity index is 4.86. The van der Waals surface area contributed by atoms with E-state index < -0.39 is 0 Å². The second-order valence-electron chi connectivity index (χ2n) is 10.3. The third-order valence-electron chi connectivity index (χ3n) is 5.13. The Bertz CT molecular complexity index is 422. The van der Waals surface area contributed by atoms with Gasteiger partial charge < -0.3 is 10.1 Å². The lowest BCUT2D eigenvalue weighted by atomic mass is 9.80. The molecular weight excluding hydrogens is 329 g/mol. The van der Waals surface area contributed by atoms with Gasteiger partial charge in [-0.25, -0.2) is 0 Å². The summed E-state index contributed by atoms with van der Waals surface area (Å²) >= 11 is 0. The minimum atomic E-state index is -0.292. The van der Waals surface area contributed by atoms with Crippen molar-refractivity contribution in [3.8, 4) is 0 Å². The molecule has 0 aromatic heterocycles. The van der Waals surface area contributed by atoms with Gasteiger partial charge in [0.25, 0.3) is 0 Å². The summed E-state index contributed by atoms with van der Waals surface area (Å²) in [6.07, 6.45) is 3.83. The fourth-order valence-corrected chi connectivity index (χ4v) is 3.57. The van der Waals surface area contributed by atoms with E-state index in [1.165, 1.54) is 0 Å². The van der Waals surface area contributed by atoms with Crippen molar-refractivity contribution in [1.82, 2.24) is 5.32 Å². The molecule has 0 aliphatic heterocycles. The van der Waals surface area contributed by atoms with Gasteiger partial charge in [-0.1, -0.05) is 48.0 Å². The molecule has 0 aliphatic carbocycles. The van der Waals surface area contributed by atoms with Crippen molar-refractivity contribution in [2.45, 2.75) is 111 Å². The van der Waals surface area contributed by atoms with Crippen molar-refractivity contribution in [3.63, 3.8) is 0 Å². The molecule has 25 heavy (non-hydrogen) atoms. The van der Waals surface area contributed by atoms with E-state index in [4.69, 9.17) is 4.74 Å². The molecule has 0 bridgehead atoms. The van der Waals surface area contributed by atoms with Gasteiger partial charge in [0.1, 0.15) is 0 Å². The van der Waals surface area contributed by atoms with Gasteiger partial charge in [-0.2, -0.15) is 0 Å². The molecule has 0 saturated heterocycles. The number of hydrogen-bond donors (Lipinski definition) is 1. The van der Waals surface area contributed by atoms with Crippen LogP contribution in [0.4, 0.5) is 0 Å². The van der Waals surface area contributed by atoms with Gasteiger partial charge in [0.15, 0.2) is 0 Å². The Labute approximate surface area is 159 Å². The molecule has 0 aliphatic rings. The quantitative estimate of drug-likeness (QED) is 0.508. The van der Waals surface area contributed by atoms with Gasteiger partial charge in [0.2, 0.25) is 5.91 Å². The molecule has 0 radical (unpaired) electrons. The molecule has 3 unspecified atom stereocenters. The van der Waals surface area contributed by atoms with Crippen molar-refractivity contribution >= 4 is 15.1 Å². The number of carbonyl (C=O) groups excluding carboxylic acids is 1. The Morgan fingerprint density at radius 3 is 2.04 bits per heavy atom. The highest BCUT2D eigenvalue weighted by molar-refractivity contribution is 7.19. The number of rotatable bonds is 10. The Morgan fingerprint density at radius 1 is 1.08 bits per heavy atom. The first-order valence-electron chi connectivity index (χ1n) is 9.78. The van der Waals surface area contributed by atoms with E-state index in [1.807, 2.05) is 6.92 Å². The molecule has 0 aromatic rings. The number of hydrogen-bond acceptors (Lipinski definition) is 2. The summed E-state index contributed by atoms with van der Waals surface area (Å²) in [5, 5.41) is 3.10. The lowest BCUT2D eigenvalue weighted by Gasteiger charge is -2.46. The first-order valence-corrected chi connectivity index (χ1v) is 10.4. The van der Waals surface area contributed by atoms with Gasteiger partial charge in [-0.3, -0.25) is 4.79 Å². The van der Waals surface area contributed by atoms with Crippen molar-refractivity contribution in [3.05, 3.63) is 0 Å². The first kappa shape index (κ1) is 24.9. The molecule has 0 rings (SSSR count). The molecule has 0 saturated carbocycles. The lowest BCUT2D eigenvalue weighted by molar-refractivity contribution is -0.126. The predicted octanol–water partition coefficient (Wildman–Crippen LogP) is 5.57. The summed E-state index contributed by atoms with van der Waals surface area (Å²) in [5.74, 6) is 0.218. The summed E-state index contributed by atoms with van der Waals surface area (Å²) in [6.45, 7) is 22.3. The van der Waals surface area contributed by atoms with E-state index in [0.717, 1.165) is 32.3 Å². The standard InChI is InChI=1S/C21H44NO2P/c1-11-12-16(2)17(23)22-19(6,7)15-21(10,25)20(8,9)24-14-13-18(3,4)5/h16H,11-15,25H2,1-10H3,(H,22,23). The second-order valence-corrected chi connectivity index (χ2v) is 11.6. The van der Waals surface area contributed by atoms with E-state index in [0.29, 0.717) is 0 Å². The van der Waals surface area contributed by atoms with Gasteiger partial charge in [-0.15, -0.1) is 9.24 Å². The molecule has 0 fully saturated rings. The van der Waals surface area contributed by atoms with Gasteiger partial charge in [-0.05, 0) is 52.4 Å². The van der Waals surface area contributed by atoms with E-state index in [-0.39, 0.29) is 33.5 Å². The molecule has 1 N–H and O–H groups in total. The summed E-state index contributed by atoms with van der Waals surface area (Å²) in [5.41, 5.74) is -0.295. The van der Waals surface area contributed by atoms with Crippen LogP contribution in [0.2, 0.25) is 0 Å². The topological polar surface area (TPSA) is 38.3 Å². The normalized spacial score (nSPS) is 17.1. The third-order valence-corrected chi connectivity index (χ3v) is 6.03. The maximum atomic E-state index is 12.4. The van der Waals surface area contributed by atoms with Crippen molar-refractivity contribution < 1.29 is 9.53 Å². The maximum Gasteiger partial charge on any atom is 0.223 e. The minimum Gasteiger partial charge on any atom is -0.375 e. The molecule has 3 nitrogen and oxygen atoms in total. The van der Waals surface area contributed by atoms with Crippen LogP contribution in [-0.4, -0.2) is 28.8 Å². The van der Waals surface area contributed by atoms with Crippen LogP contribution in [-0.2, 0) is 9.53 Å². The fourth-order valence-electron chi connectivity index (χ4n) is 2.97. The van der Waals surface area contributed by atoms with Crippen LogP contribution in [0.25, 0.3) is 0 Å². The first-order chi connectivity index (χ1) is 11.0. The average molecular weight is 374 g/mol. The summed E-state index contributed by atoms with van der Waals surface area (Å²) in [6, 6.07) is 0. The van der Waals surface area contributed by atoms with Crippen molar-refractivity contribution in [1.29, 1.82) is 0 Å². The van der Waals surface area contributed by atoms with Crippen LogP contribution in [0.1, 0.15) is 94.9 Å². The van der Waals surface area contributed by atoms with Crippen LogP contribution in [0.3, 0.4) is 0 Å². The zero-order valence-corrected chi connectivity index (χ0v) is 19.7. The minimum absolute atomic E-state index is 0.0658. The highest BCUT2D eigenvalue weighted by Gasteiger charge is 2.42. The number of ether oxygens (including phenoxy) is 1. The highest BCUT2D eigenvalue weighted by atomic mass is 31.0. The monoisotopic (exact) mass is 373 g/mol. The molecule has 0 spiro atoms. The Kier molecular flexibility index (Phi) is 9.13. The second kappa shape index (κ2) is 9.18. The molecule has 0 heterocycles. The van der Waals surface area contributed by atoms with Gasteiger partial charge >= 0.3 is 0 Å². The van der Waals surface area contributed by atoms with E-state index in [1.54, 1.807) is 0 Å². The van der Waals surface area contributed by atoms with E-state index in [9.17, 15) is 4.79 Å². The summed E-state index contributed by atoms with van der Waals surface area (Å²) < 4.78 is 6.27. The Hall–Kier alpha value is -0.140. The van der Waals surface area contributed by atoms with Crippen LogP contribution >= 0.6 is 9.24 Å². The SMILES string of the molecule is CCCC(C)C(=O)NC(C)(C)CC(C)(P)C(C)(C)OCCC(C)(C)C. The number of carbonyl (C=O) groups is 1. The molecule has 3 atom stereocenters. The van der Waals surface area contributed by atoms with Crippen LogP contribution in [0.15, 0.2) is 0 Å². The molecule has 0 aromatic carbocycles. The van der Waals surface area contributed by atoms with E-state index in [2.05, 4.69) is 76.9 Å². The van der Waals surface area contributed by atoms with E-state index >= 15 is 0 Å². The van der Waals surface area contributed by atoms with Crippen molar-refractivity contribution in [2.24, 2.45) is 11.3 Å². The lowest BCUT2D eigenvalue weighted by Crippen LogP contribution is -2.54. The van der Waals surface area contributed by atoms with Crippen LogP contribution < -0.4 is 5.32 Å². The highest BCUT2D eigenvalue weighted by Crippen LogP contribution is 2.41.